The van der Waals surface area contributed by atoms with E-state index in [-0.39, 0.29) is 11.2 Å². The number of hydrogen-bond donors (Lipinski definition) is 2. The number of fused-ring (bicyclic) bond motifs is 1. The number of rotatable bonds is 0. The molecule has 0 amide bonds. The normalized spacial score (nSPS) is 12.0. The van der Waals surface area contributed by atoms with Gasteiger partial charge in [-0.15, -0.1) is 0 Å². The van der Waals surface area contributed by atoms with Gasteiger partial charge in [0.2, 0.25) is 0 Å². The first kappa shape index (κ1) is 11.6. The van der Waals surface area contributed by atoms with Gasteiger partial charge < -0.3 is 10.7 Å². The summed E-state index contributed by atoms with van der Waals surface area (Å²) in [5.74, 6) is 0.290. The van der Waals surface area contributed by atoms with Crippen molar-refractivity contribution in [3.8, 4) is 0 Å². The molecule has 1 heterocycles. The number of aromatic nitrogens is 2. The van der Waals surface area contributed by atoms with E-state index in [1.165, 1.54) is 5.56 Å². The van der Waals surface area contributed by atoms with Crippen molar-refractivity contribution in [1.29, 1.82) is 0 Å². The van der Waals surface area contributed by atoms with Crippen LogP contribution in [0.1, 0.15) is 31.9 Å². The minimum atomic E-state index is -0.401. The van der Waals surface area contributed by atoms with Gasteiger partial charge >= 0.3 is 5.69 Å². The smallest absolute Gasteiger partial charge is 0.347 e. The van der Waals surface area contributed by atoms with Gasteiger partial charge in [0.25, 0.3) is 0 Å². The van der Waals surface area contributed by atoms with Crippen LogP contribution in [-0.2, 0) is 5.41 Å². The van der Waals surface area contributed by atoms with Crippen LogP contribution < -0.4 is 11.4 Å². The monoisotopic (exact) mass is 231 g/mol. The molecule has 3 N–H and O–H groups in total. The highest BCUT2D eigenvalue weighted by atomic mass is 16.1. The van der Waals surface area contributed by atoms with Crippen LogP contribution in [0.2, 0.25) is 0 Å². The molecule has 90 valence electrons. The van der Waals surface area contributed by atoms with Gasteiger partial charge in [-0.05, 0) is 29.5 Å². The third kappa shape index (κ3) is 2.02. The lowest BCUT2D eigenvalue weighted by molar-refractivity contribution is 0.590. The van der Waals surface area contributed by atoms with Crippen molar-refractivity contribution < 1.29 is 0 Å². The molecule has 0 fully saturated rings. The van der Waals surface area contributed by atoms with E-state index in [4.69, 9.17) is 5.73 Å². The molecule has 0 atom stereocenters. The second-order valence-corrected chi connectivity index (χ2v) is 5.39. The van der Waals surface area contributed by atoms with E-state index in [1.807, 2.05) is 13.0 Å². The van der Waals surface area contributed by atoms with Crippen molar-refractivity contribution in [3.63, 3.8) is 0 Å². The molecular weight excluding hydrogens is 214 g/mol. The van der Waals surface area contributed by atoms with E-state index in [0.29, 0.717) is 0 Å². The van der Waals surface area contributed by atoms with E-state index < -0.39 is 5.69 Å². The van der Waals surface area contributed by atoms with Crippen molar-refractivity contribution in [2.75, 3.05) is 5.73 Å². The zero-order chi connectivity index (χ0) is 12.8. The number of aryl methyl sites for hydroxylation is 1. The Hall–Kier alpha value is -1.84. The summed E-state index contributed by atoms with van der Waals surface area (Å²) in [6.45, 7) is 8.39. The third-order valence-corrected chi connectivity index (χ3v) is 2.93. The average Bonchev–Trinajstić information content (AvgIpc) is 2.17. The highest BCUT2D eigenvalue weighted by molar-refractivity contribution is 5.90. The van der Waals surface area contributed by atoms with Crippen LogP contribution in [0.25, 0.3) is 10.9 Å². The van der Waals surface area contributed by atoms with E-state index >= 15 is 0 Å². The van der Waals surface area contributed by atoms with Gasteiger partial charge in [-0.3, -0.25) is 0 Å². The second-order valence-electron chi connectivity index (χ2n) is 5.39. The zero-order valence-electron chi connectivity index (χ0n) is 10.6. The van der Waals surface area contributed by atoms with Crippen LogP contribution in [-0.4, -0.2) is 9.97 Å². The van der Waals surface area contributed by atoms with Gasteiger partial charge in [-0.1, -0.05) is 26.8 Å². The summed E-state index contributed by atoms with van der Waals surface area (Å²) < 4.78 is 0. The number of nitrogens with one attached hydrogen (secondary N) is 1. The molecule has 0 aliphatic carbocycles. The highest BCUT2D eigenvalue weighted by Gasteiger charge is 2.16. The van der Waals surface area contributed by atoms with Crippen LogP contribution >= 0.6 is 0 Å². The Labute approximate surface area is 99.9 Å². The molecule has 2 aromatic rings. The number of nitrogen functional groups attached to an aromatic ring is 1. The first-order valence-electron chi connectivity index (χ1n) is 5.59. The highest BCUT2D eigenvalue weighted by Crippen LogP contribution is 2.28. The molecule has 0 unspecified atom stereocenters. The molecule has 4 nitrogen and oxygen atoms in total. The lowest BCUT2D eigenvalue weighted by Gasteiger charge is -2.20. The van der Waals surface area contributed by atoms with Gasteiger partial charge in [0, 0.05) is 5.39 Å². The molecule has 0 saturated heterocycles. The molecule has 2 rings (SSSR count). The number of H-pyrrole nitrogens is 1. The second kappa shape index (κ2) is 3.58. The molecule has 0 aliphatic heterocycles. The maximum atomic E-state index is 11.3. The van der Waals surface area contributed by atoms with Crippen molar-refractivity contribution in [2.45, 2.75) is 33.1 Å². The Morgan fingerprint density at radius 2 is 1.94 bits per heavy atom. The van der Waals surface area contributed by atoms with Crippen LogP contribution in [0.3, 0.4) is 0 Å². The number of hydrogen-bond acceptors (Lipinski definition) is 3. The van der Waals surface area contributed by atoms with Crippen molar-refractivity contribution in [1.82, 2.24) is 9.97 Å². The van der Waals surface area contributed by atoms with Crippen molar-refractivity contribution >= 4 is 16.7 Å². The van der Waals surface area contributed by atoms with Crippen LogP contribution in [0.15, 0.2) is 16.9 Å². The maximum Gasteiger partial charge on any atom is 0.347 e. The van der Waals surface area contributed by atoms with E-state index in [1.54, 1.807) is 0 Å². The fraction of sp³-hybridized carbons (Fsp3) is 0.385. The minimum absolute atomic E-state index is 0.0432. The Morgan fingerprint density at radius 1 is 1.29 bits per heavy atom. The fourth-order valence-corrected chi connectivity index (χ4v) is 1.89. The number of anilines is 1. The molecule has 0 aliphatic rings. The Balaban J connectivity index is 2.87. The summed E-state index contributed by atoms with van der Waals surface area (Å²) in [7, 11) is 0. The van der Waals surface area contributed by atoms with Gasteiger partial charge in [-0.25, -0.2) is 4.79 Å². The lowest BCUT2D eigenvalue weighted by Crippen LogP contribution is -2.15. The first-order chi connectivity index (χ1) is 7.79. The summed E-state index contributed by atoms with van der Waals surface area (Å²) in [5, 5.41) is 0.814. The van der Waals surface area contributed by atoms with Crippen LogP contribution in [0, 0.1) is 6.92 Å². The Bertz CT molecular complexity index is 635. The van der Waals surface area contributed by atoms with Crippen molar-refractivity contribution in [3.05, 3.63) is 33.7 Å². The number of nitrogens with zero attached hydrogens (tertiary/aromatic N) is 1. The van der Waals surface area contributed by atoms with Crippen LogP contribution in [0.5, 0.6) is 0 Å². The topological polar surface area (TPSA) is 71.8 Å². The molecule has 0 spiro atoms. The number of benzene rings is 1. The molecule has 1 aromatic heterocycles. The number of nitrogens with two attached hydrogens (primary N) is 1. The Kier molecular flexibility index (Phi) is 2.45. The molecular formula is C13H17N3O. The predicted molar refractivity (Wildman–Crippen MR) is 70.2 cm³/mol. The summed E-state index contributed by atoms with van der Waals surface area (Å²) in [5.41, 5.74) is 8.42. The first-order valence-corrected chi connectivity index (χ1v) is 5.59. The summed E-state index contributed by atoms with van der Waals surface area (Å²) >= 11 is 0. The molecule has 4 heteroatoms. The van der Waals surface area contributed by atoms with E-state index in [0.717, 1.165) is 16.5 Å². The average molecular weight is 231 g/mol. The molecule has 17 heavy (non-hydrogen) atoms. The molecule has 0 bridgehead atoms. The quantitative estimate of drug-likeness (QED) is 0.729. The van der Waals surface area contributed by atoms with Gasteiger partial charge in [0.1, 0.15) is 5.82 Å². The summed E-state index contributed by atoms with van der Waals surface area (Å²) in [6.07, 6.45) is 0. The van der Waals surface area contributed by atoms with Gasteiger partial charge in [0.15, 0.2) is 0 Å². The number of aromatic amines is 1. The summed E-state index contributed by atoms with van der Waals surface area (Å²) in [6, 6.07) is 4.08. The maximum absolute atomic E-state index is 11.3. The van der Waals surface area contributed by atoms with Gasteiger partial charge in [0.05, 0.1) is 5.52 Å². The third-order valence-electron chi connectivity index (χ3n) is 2.93. The van der Waals surface area contributed by atoms with Crippen LogP contribution in [0.4, 0.5) is 5.82 Å². The van der Waals surface area contributed by atoms with Crippen molar-refractivity contribution in [2.24, 2.45) is 0 Å². The largest absolute Gasteiger partial charge is 0.383 e. The molecule has 1 aromatic carbocycles. The zero-order valence-corrected chi connectivity index (χ0v) is 10.6. The minimum Gasteiger partial charge on any atom is -0.383 e. The predicted octanol–water partition coefficient (Wildman–Crippen LogP) is 2.11. The standard InChI is InChI=1S/C13H17N3O/c1-7-5-8(13(2,3)4)6-9-10(7)15-12(17)16-11(9)14/h5-6H,1-4H3,(H3,14,15,16,17). The summed E-state index contributed by atoms with van der Waals surface area (Å²) in [4.78, 5) is 17.8. The van der Waals surface area contributed by atoms with Gasteiger partial charge in [-0.2, -0.15) is 4.98 Å². The molecule has 0 saturated carbocycles. The lowest BCUT2D eigenvalue weighted by atomic mass is 9.85. The fourth-order valence-electron chi connectivity index (χ4n) is 1.89. The van der Waals surface area contributed by atoms with E-state index in [2.05, 4.69) is 36.8 Å². The Morgan fingerprint density at radius 3 is 2.53 bits per heavy atom. The SMILES string of the molecule is Cc1cc(C(C)(C)C)cc2c(N)nc(=O)[nH]c12. The molecule has 0 radical (unpaired) electrons. The van der Waals surface area contributed by atoms with E-state index in [9.17, 15) is 4.79 Å².